The van der Waals surface area contributed by atoms with Crippen molar-refractivity contribution in [2.75, 3.05) is 6.61 Å². The van der Waals surface area contributed by atoms with Crippen LogP contribution < -0.4 is 15.4 Å². The van der Waals surface area contributed by atoms with Crippen LogP contribution in [0.3, 0.4) is 0 Å². The van der Waals surface area contributed by atoms with E-state index >= 15 is 0 Å². The Morgan fingerprint density at radius 3 is 2.31 bits per heavy atom. The molecule has 0 saturated carbocycles. The van der Waals surface area contributed by atoms with Gasteiger partial charge in [0, 0.05) is 5.39 Å². The number of hydrogen-bond acceptors (Lipinski definition) is 6. The minimum absolute atomic E-state index is 0.0266. The van der Waals surface area contributed by atoms with E-state index in [2.05, 4.69) is 10.6 Å². The average Bonchev–Trinajstić information content (AvgIpc) is 2.74. The van der Waals surface area contributed by atoms with Crippen LogP contribution in [-0.4, -0.2) is 58.9 Å². The van der Waals surface area contributed by atoms with E-state index in [9.17, 15) is 29.1 Å². The monoisotopic (exact) mass is 444 g/mol. The van der Waals surface area contributed by atoms with Gasteiger partial charge in [0.15, 0.2) is 6.61 Å². The van der Waals surface area contributed by atoms with Crippen molar-refractivity contribution in [1.29, 1.82) is 0 Å². The van der Waals surface area contributed by atoms with E-state index in [0.717, 1.165) is 5.39 Å². The SMILES string of the molecule is CC(C)[C@H](NC(=O)COc1c(C(=O)O)ccc2ccccc12)C(=O)N[C@H](C=O)CC(=O)O. The van der Waals surface area contributed by atoms with Crippen molar-refractivity contribution in [3.8, 4) is 5.75 Å². The Morgan fingerprint density at radius 2 is 1.72 bits per heavy atom. The third-order valence-electron chi connectivity index (χ3n) is 4.61. The predicted molar refractivity (Wildman–Crippen MR) is 113 cm³/mol. The summed E-state index contributed by atoms with van der Waals surface area (Å²) in [7, 11) is 0. The zero-order valence-corrected chi connectivity index (χ0v) is 17.5. The second-order valence-electron chi connectivity index (χ2n) is 7.40. The lowest BCUT2D eigenvalue weighted by Gasteiger charge is -2.23. The molecule has 0 aliphatic rings. The lowest BCUT2D eigenvalue weighted by atomic mass is 10.0. The van der Waals surface area contributed by atoms with Gasteiger partial charge in [-0.1, -0.05) is 44.2 Å². The van der Waals surface area contributed by atoms with Crippen LogP contribution in [0.4, 0.5) is 0 Å². The van der Waals surface area contributed by atoms with Gasteiger partial charge >= 0.3 is 11.9 Å². The molecular formula is C22H24N2O8. The van der Waals surface area contributed by atoms with Gasteiger partial charge in [0.2, 0.25) is 5.91 Å². The lowest BCUT2D eigenvalue weighted by molar-refractivity contribution is -0.139. The summed E-state index contributed by atoms with van der Waals surface area (Å²) in [5, 5.41) is 24.3. The first-order valence-corrected chi connectivity index (χ1v) is 9.78. The summed E-state index contributed by atoms with van der Waals surface area (Å²) in [5.41, 5.74) is -0.114. The quantitative estimate of drug-likeness (QED) is 0.376. The number of nitrogens with one attached hydrogen (secondary N) is 2. The Hall–Kier alpha value is -3.95. The van der Waals surface area contributed by atoms with E-state index in [-0.39, 0.29) is 17.2 Å². The fraction of sp³-hybridized carbons (Fsp3) is 0.318. The van der Waals surface area contributed by atoms with E-state index in [1.54, 1.807) is 44.2 Å². The number of amides is 2. The molecule has 4 N–H and O–H groups in total. The molecule has 170 valence electrons. The van der Waals surface area contributed by atoms with Gasteiger partial charge in [-0.05, 0) is 17.4 Å². The average molecular weight is 444 g/mol. The van der Waals surface area contributed by atoms with Gasteiger partial charge in [-0.25, -0.2) is 4.79 Å². The molecule has 32 heavy (non-hydrogen) atoms. The number of rotatable bonds is 11. The number of carboxylic acids is 2. The largest absolute Gasteiger partial charge is 0.482 e. The minimum Gasteiger partial charge on any atom is -0.482 e. The molecule has 2 rings (SSSR count). The number of aliphatic carboxylic acids is 1. The Kier molecular flexibility index (Phi) is 8.28. The van der Waals surface area contributed by atoms with Gasteiger partial charge in [0.1, 0.15) is 23.6 Å². The highest BCUT2D eigenvalue weighted by atomic mass is 16.5. The van der Waals surface area contributed by atoms with Crippen molar-refractivity contribution in [2.24, 2.45) is 5.92 Å². The number of carbonyl (C=O) groups excluding carboxylic acids is 3. The lowest BCUT2D eigenvalue weighted by Crippen LogP contribution is -2.53. The van der Waals surface area contributed by atoms with Gasteiger partial charge in [-0.2, -0.15) is 0 Å². The molecule has 2 atom stereocenters. The number of benzene rings is 2. The van der Waals surface area contributed by atoms with E-state index < -0.39 is 48.9 Å². The van der Waals surface area contributed by atoms with Crippen LogP contribution in [0.5, 0.6) is 5.75 Å². The number of aldehydes is 1. The minimum atomic E-state index is -1.26. The van der Waals surface area contributed by atoms with E-state index in [1.165, 1.54) is 6.07 Å². The zero-order chi connectivity index (χ0) is 23.8. The van der Waals surface area contributed by atoms with Crippen LogP contribution in [0.1, 0.15) is 30.6 Å². The number of hydrogen-bond donors (Lipinski definition) is 4. The zero-order valence-electron chi connectivity index (χ0n) is 17.5. The highest BCUT2D eigenvalue weighted by Gasteiger charge is 2.27. The maximum Gasteiger partial charge on any atom is 0.339 e. The van der Waals surface area contributed by atoms with Gasteiger partial charge in [-0.3, -0.25) is 14.4 Å². The maximum atomic E-state index is 12.5. The Morgan fingerprint density at radius 1 is 1.03 bits per heavy atom. The first kappa shape index (κ1) is 24.3. The van der Waals surface area contributed by atoms with Crippen molar-refractivity contribution in [3.05, 3.63) is 42.0 Å². The fourth-order valence-electron chi connectivity index (χ4n) is 3.05. The number of fused-ring (bicyclic) bond motifs is 1. The molecule has 2 amide bonds. The number of aromatic carboxylic acids is 1. The summed E-state index contributed by atoms with van der Waals surface area (Å²) < 4.78 is 5.53. The molecule has 0 aromatic heterocycles. The maximum absolute atomic E-state index is 12.5. The standard InChI is InChI=1S/C22H24N2O8/c1-12(2)19(21(29)23-14(10-25)9-18(27)28)24-17(26)11-32-20-15-6-4-3-5-13(15)7-8-16(20)22(30)31/h3-8,10,12,14,19H,9,11H2,1-2H3,(H,23,29)(H,24,26)(H,27,28)(H,30,31)/t14-,19-/m0/s1. The number of ether oxygens (including phenoxy) is 1. The van der Waals surface area contributed by atoms with Gasteiger partial charge in [0.25, 0.3) is 5.91 Å². The summed E-state index contributed by atoms with van der Waals surface area (Å²) in [6, 6.07) is 7.64. The Labute approximate surface area is 183 Å². The number of carboxylic acid groups (broad SMARTS) is 2. The van der Waals surface area contributed by atoms with Crippen LogP contribution in [-0.2, 0) is 19.2 Å². The smallest absolute Gasteiger partial charge is 0.339 e. The molecule has 2 aromatic rings. The summed E-state index contributed by atoms with van der Waals surface area (Å²) in [6.45, 7) is 2.76. The Bertz CT molecular complexity index is 1030. The number of carbonyl (C=O) groups is 5. The Balaban J connectivity index is 2.13. The van der Waals surface area contributed by atoms with Crippen molar-refractivity contribution >= 4 is 40.8 Å². The molecule has 10 nitrogen and oxygen atoms in total. The second kappa shape index (κ2) is 10.9. The van der Waals surface area contributed by atoms with Gasteiger partial charge < -0.3 is 30.4 Å². The molecule has 0 radical (unpaired) electrons. The highest BCUT2D eigenvalue weighted by molar-refractivity contribution is 6.01. The normalized spacial score (nSPS) is 12.6. The molecule has 0 aliphatic heterocycles. The van der Waals surface area contributed by atoms with E-state index in [0.29, 0.717) is 11.7 Å². The van der Waals surface area contributed by atoms with E-state index in [4.69, 9.17) is 9.84 Å². The predicted octanol–water partition coefficient (Wildman–Crippen LogP) is 1.22. The summed E-state index contributed by atoms with van der Waals surface area (Å²) in [4.78, 5) is 58.3. The highest BCUT2D eigenvalue weighted by Crippen LogP contribution is 2.30. The summed E-state index contributed by atoms with van der Waals surface area (Å²) >= 11 is 0. The van der Waals surface area contributed by atoms with Crippen molar-refractivity contribution in [1.82, 2.24) is 10.6 Å². The van der Waals surface area contributed by atoms with Crippen molar-refractivity contribution in [3.63, 3.8) is 0 Å². The third kappa shape index (κ3) is 6.27. The molecule has 0 bridgehead atoms. The van der Waals surface area contributed by atoms with Crippen LogP contribution in [0, 0.1) is 5.92 Å². The molecule has 0 fully saturated rings. The molecule has 0 heterocycles. The van der Waals surface area contributed by atoms with Crippen molar-refractivity contribution in [2.45, 2.75) is 32.4 Å². The van der Waals surface area contributed by atoms with Crippen molar-refractivity contribution < 1.29 is 38.9 Å². The molecule has 0 spiro atoms. The summed E-state index contributed by atoms with van der Waals surface area (Å²) in [6.07, 6.45) is -0.279. The van der Waals surface area contributed by atoms with Crippen LogP contribution in [0.25, 0.3) is 10.8 Å². The van der Waals surface area contributed by atoms with Crippen LogP contribution >= 0.6 is 0 Å². The molecule has 10 heteroatoms. The van der Waals surface area contributed by atoms with Gasteiger partial charge in [-0.15, -0.1) is 0 Å². The molecule has 0 saturated heterocycles. The van der Waals surface area contributed by atoms with Crippen LogP contribution in [0.15, 0.2) is 36.4 Å². The molecular weight excluding hydrogens is 420 g/mol. The first-order valence-electron chi connectivity index (χ1n) is 9.78. The first-order chi connectivity index (χ1) is 15.1. The van der Waals surface area contributed by atoms with E-state index in [1.807, 2.05) is 0 Å². The second-order valence-corrected chi connectivity index (χ2v) is 7.40. The third-order valence-corrected chi connectivity index (χ3v) is 4.61. The van der Waals surface area contributed by atoms with Gasteiger partial charge in [0.05, 0.1) is 12.5 Å². The fourth-order valence-corrected chi connectivity index (χ4v) is 3.05. The van der Waals surface area contributed by atoms with Crippen LogP contribution in [0.2, 0.25) is 0 Å². The molecule has 2 aromatic carbocycles. The molecule has 0 unspecified atom stereocenters. The summed E-state index contributed by atoms with van der Waals surface area (Å²) in [5.74, 6) is -4.25. The molecule has 0 aliphatic carbocycles. The topological polar surface area (TPSA) is 159 Å².